The van der Waals surface area contributed by atoms with Crippen molar-refractivity contribution in [3.05, 3.63) is 41.3 Å². The summed E-state index contributed by atoms with van der Waals surface area (Å²) in [5.41, 5.74) is 6.88. The van der Waals surface area contributed by atoms with Crippen molar-refractivity contribution in [2.75, 3.05) is 12.3 Å². The van der Waals surface area contributed by atoms with E-state index in [9.17, 15) is 14.4 Å². The molecule has 0 atom stereocenters. The molecule has 9 heteroatoms. The van der Waals surface area contributed by atoms with Crippen LogP contribution in [0.1, 0.15) is 42.5 Å². The number of ether oxygens (including phenoxy) is 3. The maximum absolute atomic E-state index is 12.8. The summed E-state index contributed by atoms with van der Waals surface area (Å²) in [6.07, 6.45) is 1.73. The molecule has 2 aromatic rings. The van der Waals surface area contributed by atoms with Gasteiger partial charge in [-0.15, -0.1) is 0 Å². The first-order valence-electron chi connectivity index (χ1n) is 8.98. The molecule has 1 aromatic heterocycles. The number of Topliss-reactive ketones (excluding diaryl/α,β-unsaturated/α-hetero) is 1. The lowest BCUT2D eigenvalue weighted by Crippen LogP contribution is -2.42. The molecule has 0 amide bonds. The van der Waals surface area contributed by atoms with Crippen molar-refractivity contribution in [2.24, 2.45) is 0 Å². The van der Waals surface area contributed by atoms with E-state index in [4.69, 9.17) is 19.9 Å². The lowest BCUT2D eigenvalue weighted by Gasteiger charge is -2.10. The lowest BCUT2D eigenvalue weighted by molar-refractivity contribution is -0.692. The number of carbonyl (C=O) groups excluding carboxylic acids is 3. The summed E-state index contributed by atoms with van der Waals surface area (Å²) in [5, 5.41) is 0. The predicted molar refractivity (Wildman–Crippen MR) is 102 cm³/mol. The van der Waals surface area contributed by atoms with Crippen LogP contribution < -0.4 is 19.8 Å². The molecule has 0 aliphatic rings. The van der Waals surface area contributed by atoms with Crippen LogP contribution in [-0.4, -0.2) is 29.3 Å². The van der Waals surface area contributed by atoms with Crippen LogP contribution in [0.2, 0.25) is 0 Å². The average Bonchev–Trinajstić information content (AvgIpc) is 2.63. The zero-order valence-corrected chi connectivity index (χ0v) is 16.9. The largest absolute Gasteiger partial charge is 0.423 e. The van der Waals surface area contributed by atoms with Crippen LogP contribution in [0.25, 0.3) is 0 Å². The van der Waals surface area contributed by atoms with E-state index in [-0.39, 0.29) is 36.0 Å². The first-order valence-corrected chi connectivity index (χ1v) is 8.98. The third-order valence-corrected chi connectivity index (χ3v) is 3.89. The van der Waals surface area contributed by atoms with Gasteiger partial charge >= 0.3 is 11.9 Å². The fourth-order valence-corrected chi connectivity index (χ4v) is 2.54. The highest BCUT2D eigenvalue weighted by atomic mass is 16.6. The van der Waals surface area contributed by atoms with Crippen LogP contribution in [0.5, 0.6) is 11.5 Å². The SMILES string of the molecule is CCOCc1c[n+](CC(=O)c2ccc(OC(C)=O)c(OC(C)=O)c2)c(C)nc1N. The van der Waals surface area contributed by atoms with Gasteiger partial charge in [0, 0.05) is 32.9 Å². The predicted octanol–water partition coefficient (Wildman–Crippen LogP) is 1.53. The summed E-state index contributed by atoms with van der Waals surface area (Å²) >= 11 is 0. The van der Waals surface area contributed by atoms with Gasteiger partial charge in [0.15, 0.2) is 18.0 Å². The Kier molecular flexibility index (Phi) is 7.38. The number of esters is 2. The van der Waals surface area contributed by atoms with E-state index in [0.29, 0.717) is 23.8 Å². The molecule has 0 aliphatic heterocycles. The minimum atomic E-state index is -0.600. The topological polar surface area (TPSA) is 122 Å². The number of rotatable bonds is 8. The van der Waals surface area contributed by atoms with Crippen molar-refractivity contribution < 1.29 is 33.2 Å². The minimum absolute atomic E-state index is 0.00672. The zero-order valence-electron chi connectivity index (χ0n) is 16.9. The third kappa shape index (κ3) is 6.08. The van der Waals surface area contributed by atoms with Crippen LogP contribution in [0.3, 0.4) is 0 Å². The third-order valence-electron chi connectivity index (χ3n) is 3.89. The molecule has 2 rings (SSSR count). The molecule has 0 saturated carbocycles. The van der Waals surface area contributed by atoms with Crippen molar-refractivity contribution in [3.63, 3.8) is 0 Å². The highest BCUT2D eigenvalue weighted by molar-refractivity contribution is 5.96. The Balaban J connectivity index is 2.30. The van der Waals surface area contributed by atoms with Crippen molar-refractivity contribution in [3.8, 4) is 11.5 Å². The van der Waals surface area contributed by atoms with Crippen LogP contribution in [0, 0.1) is 6.92 Å². The number of nitrogens with zero attached hydrogens (tertiary/aromatic N) is 2. The number of benzene rings is 1. The number of hydrogen-bond acceptors (Lipinski definition) is 8. The second-order valence-electron chi connectivity index (χ2n) is 6.24. The van der Waals surface area contributed by atoms with Gasteiger partial charge in [-0.1, -0.05) is 0 Å². The summed E-state index contributed by atoms with van der Waals surface area (Å²) < 4.78 is 17.1. The molecule has 0 bridgehead atoms. The van der Waals surface area contributed by atoms with E-state index in [1.165, 1.54) is 32.0 Å². The molecule has 1 heterocycles. The Labute approximate surface area is 168 Å². The average molecular weight is 402 g/mol. The molecular weight excluding hydrogens is 378 g/mol. The molecule has 9 nitrogen and oxygen atoms in total. The quantitative estimate of drug-likeness (QED) is 0.305. The number of ketones is 1. The molecule has 154 valence electrons. The van der Waals surface area contributed by atoms with Crippen molar-refractivity contribution in [1.29, 1.82) is 0 Å². The Morgan fingerprint density at radius 2 is 1.76 bits per heavy atom. The minimum Gasteiger partial charge on any atom is -0.423 e. The van der Waals surface area contributed by atoms with Gasteiger partial charge < -0.3 is 19.9 Å². The molecule has 0 fully saturated rings. The fraction of sp³-hybridized carbons (Fsp3) is 0.350. The van der Waals surface area contributed by atoms with E-state index in [2.05, 4.69) is 4.98 Å². The number of nitrogens with two attached hydrogens (primary N) is 1. The maximum atomic E-state index is 12.8. The van der Waals surface area contributed by atoms with E-state index >= 15 is 0 Å². The second kappa shape index (κ2) is 9.74. The highest BCUT2D eigenvalue weighted by Gasteiger charge is 2.20. The van der Waals surface area contributed by atoms with Gasteiger partial charge in [0.2, 0.25) is 11.6 Å². The van der Waals surface area contributed by atoms with Crippen molar-refractivity contribution in [1.82, 2.24) is 4.98 Å². The molecule has 0 unspecified atom stereocenters. The van der Waals surface area contributed by atoms with E-state index < -0.39 is 11.9 Å². The van der Waals surface area contributed by atoms with Gasteiger partial charge in [-0.3, -0.25) is 14.4 Å². The van der Waals surface area contributed by atoms with Crippen LogP contribution >= 0.6 is 0 Å². The van der Waals surface area contributed by atoms with Gasteiger partial charge in [0.1, 0.15) is 6.20 Å². The lowest BCUT2D eigenvalue weighted by atomic mass is 10.1. The number of aryl methyl sites for hydroxylation is 1. The molecule has 29 heavy (non-hydrogen) atoms. The molecule has 0 radical (unpaired) electrons. The number of aromatic nitrogens is 2. The summed E-state index contributed by atoms with van der Waals surface area (Å²) in [6, 6.07) is 4.27. The number of carbonyl (C=O) groups is 3. The fourth-order valence-electron chi connectivity index (χ4n) is 2.54. The standard InChI is InChI=1S/C20H23N3O6/c1-5-27-11-16-9-23(12(2)22-20(16)21)10-17(26)15-6-7-18(28-13(3)24)19(8-15)29-14(4)25/h6-9,21H,5,10-11H2,1-4H3/p+1. The van der Waals surface area contributed by atoms with Gasteiger partial charge in [0.05, 0.1) is 12.2 Å². The normalized spacial score (nSPS) is 10.5. The van der Waals surface area contributed by atoms with Gasteiger partial charge in [0.25, 0.3) is 5.82 Å². The van der Waals surface area contributed by atoms with E-state index in [0.717, 1.165) is 0 Å². The van der Waals surface area contributed by atoms with E-state index in [1.807, 2.05) is 6.92 Å². The summed E-state index contributed by atoms with van der Waals surface area (Å²) in [6.45, 7) is 6.86. The Bertz CT molecular complexity index is 942. The molecule has 1 aromatic carbocycles. The summed E-state index contributed by atoms with van der Waals surface area (Å²) in [7, 11) is 0. The molecular formula is C20H24N3O6+. The smallest absolute Gasteiger partial charge is 0.308 e. The van der Waals surface area contributed by atoms with Gasteiger partial charge in [-0.25, -0.2) is 4.57 Å². The van der Waals surface area contributed by atoms with Crippen molar-refractivity contribution in [2.45, 2.75) is 40.8 Å². The molecule has 0 aliphatic carbocycles. The summed E-state index contributed by atoms with van der Waals surface area (Å²) in [5.74, 6) is -0.464. The zero-order chi connectivity index (χ0) is 21.6. The highest BCUT2D eigenvalue weighted by Crippen LogP contribution is 2.29. The molecule has 2 N–H and O–H groups in total. The monoisotopic (exact) mass is 402 g/mol. The number of nitrogen functional groups attached to an aromatic ring is 1. The van der Waals surface area contributed by atoms with Crippen LogP contribution in [-0.2, 0) is 27.5 Å². The Hall–Kier alpha value is -3.33. The molecule has 0 spiro atoms. The van der Waals surface area contributed by atoms with Crippen LogP contribution in [0.4, 0.5) is 5.82 Å². The molecule has 0 saturated heterocycles. The second-order valence-corrected chi connectivity index (χ2v) is 6.24. The van der Waals surface area contributed by atoms with Crippen LogP contribution in [0.15, 0.2) is 24.4 Å². The number of hydrogen-bond donors (Lipinski definition) is 1. The van der Waals surface area contributed by atoms with Crippen molar-refractivity contribution >= 4 is 23.5 Å². The van der Waals surface area contributed by atoms with Gasteiger partial charge in [-0.2, -0.15) is 0 Å². The Morgan fingerprint density at radius 3 is 2.38 bits per heavy atom. The Morgan fingerprint density at radius 1 is 1.10 bits per heavy atom. The summed E-state index contributed by atoms with van der Waals surface area (Å²) in [4.78, 5) is 39.6. The van der Waals surface area contributed by atoms with Gasteiger partial charge in [-0.05, 0) is 30.1 Å². The number of anilines is 1. The van der Waals surface area contributed by atoms with E-state index in [1.54, 1.807) is 17.7 Å². The first-order chi connectivity index (χ1) is 13.7. The first kappa shape index (κ1) is 22.0. The maximum Gasteiger partial charge on any atom is 0.308 e.